The minimum atomic E-state index is -0.649. The molecule has 0 fully saturated rings. The van der Waals surface area contributed by atoms with Gasteiger partial charge in [-0.15, -0.1) is 0 Å². The molecule has 5 N–H and O–H groups in total. The van der Waals surface area contributed by atoms with E-state index in [2.05, 4.69) is 5.32 Å². The van der Waals surface area contributed by atoms with Crippen molar-refractivity contribution in [2.24, 2.45) is 5.73 Å². The molecule has 0 unspecified atom stereocenters. The number of amides is 2. The van der Waals surface area contributed by atoms with Gasteiger partial charge in [-0.2, -0.15) is 0 Å². The van der Waals surface area contributed by atoms with Crippen molar-refractivity contribution < 1.29 is 14.0 Å². The molecule has 2 aromatic carbocycles. The average Bonchev–Trinajstić information content (AvgIpc) is 2.43. The van der Waals surface area contributed by atoms with Gasteiger partial charge in [0.15, 0.2) is 0 Å². The van der Waals surface area contributed by atoms with Crippen molar-refractivity contribution in [2.75, 3.05) is 11.1 Å². The fraction of sp³-hybridized carbons (Fsp3) is 0.0667. The number of carbonyl (C=O) groups excluding carboxylic acids is 2. The highest BCUT2D eigenvalue weighted by Crippen LogP contribution is 2.19. The molecular weight excluding hydrogens is 273 g/mol. The van der Waals surface area contributed by atoms with Crippen molar-refractivity contribution in [1.82, 2.24) is 0 Å². The van der Waals surface area contributed by atoms with Gasteiger partial charge in [0.1, 0.15) is 5.82 Å². The molecule has 0 aliphatic rings. The zero-order valence-corrected chi connectivity index (χ0v) is 11.3. The van der Waals surface area contributed by atoms with Gasteiger partial charge in [0.25, 0.3) is 5.91 Å². The Morgan fingerprint density at radius 3 is 2.57 bits per heavy atom. The maximum absolute atomic E-state index is 14.0. The second-order valence-corrected chi connectivity index (χ2v) is 4.60. The minimum absolute atomic E-state index is 0.156. The molecule has 108 valence electrons. The van der Waals surface area contributed by atoms with E-state index < -0.39 is 17.6 Å². The van der Waals surface area contributed by atoms with Gasteiger partial charge in [-0.25, -0.2) is 4.39 Å². The third-order valence-electron chi connectivity index (χ3n) is 2.93. The largest absolute Gasteiger partial charge is 0.399 e. The summed E-state index contributed by atoms with van der Waals surface area (Å²) in [6.07, 6.45) is 0. The number of rotatable bonds is 3. The molecule has 0 spiro atoms. The number of carbonyl (C=O) groups is 2. The van der Waals surface area contributed by atoms with Crippen molar-refractivity contribution in [3.05, 3.63) is 58.9 Å². The van der Waals surface area contributed by atoms with Crippen molar-refractivity contribution in [3.63, 3.8) is 0 Å². The molecule has 2 aromatic rings. The number of primary amides is 1. The van der Waals surface area contributed by atoms with E-state index in [9.17, 15) is 14.0 Å². The van der Waals surface area contributed by atoms with Crippen molar-refractivity contribution >= 4 is 23.2 Å². The van der Waals surface area contributed by atoms with Crippen LogP contribution in [0.4, 0.5) is 15.8 Å². The Labute approximate surface area is 120 Å². The summed E-state index contributed by atoms with van der Waals surface area (Å²) < 4.78 is 14.0. The molecule has 2 amide bonds. The Balaban J connectivity index is 2.30. The van der Waals surface area contributed by atoms with Crippen molar-refractivity contribution in [2.45, 2.75) is 6.92 Å². The van der Waals surface area contributed by atoms with Crippen LogP contribution in [-0.4, -0.2) is 11.8 Å². The number of benzene rings is 2. The smallest absolute Gasteiger partial charge is 0.258 e. The highest BCUT2D eigenvalue weighted by Gasteiger charge is 2.15. The lowest BCUT2D eigenvalue weighted by atomic mass is 10.1. The summed E-state index contributed by atoms with van der Waals surface area (Å²) in [5.74, 6) is -1.89. The van der Waals surface area contributed by atoms with Crippen LogP contribution in [0.1, 0.15) is 26.3 Å². The van der Waals surface area contributed by atoms with Gasteiger partial charge in [0.05, 0.1) is 5.56 Å². The van der Waals surface area contributed by atoms with Crippen LogP contribution in [0, 0.1) is 12.7 Å². The summed E-state index contributed by atoms with van der Waals surface area (Å²) in [5, 5.41) is 2.51. The SMILES string of the molecule is Cc1cc(N)cc(C(=O)Nc2cccc(C(N)=O)c2)c1F. The van der Waals surface area contributed by atoms with Gasteiger partial charge >= 0.3 is 0 Å². The van der Waals surface area contributed by atoms with E-state index in [0.717, 1.165) is 0 Å². The van der Waals surface area contributed by atoms with Crippen LogP contribution >= 0.6 is 0 Å². The van der Waals surface area contributed by atoms with Crippen LogP contribution in [0.2, 0.25) is 0 Å². The summed E-state index contributed by atoms with van der Waals surface area (Å²) in [6.45, 7) is 1.52. The molecular formula is C15H14FN3O2. The molecule has 5 nitrogen and oxygen atoms in total. The summed E-state index contributed by atoms with van der Waals surface area (Å²) >= 11 is 0. The lowest BCUT2D eigenvalue weighted by Crippen LogP contribution is -2.16. The standard InChI is InChI=1S/C15H14FN3O2/c1-8-5-10(17)7-12(13(8)16)15(21)19-11-4-2-3-9(6-11)14(18)20/h2-7H,17H2,1H3,(H2,18,20)(H,19,21). The van der Waals surface area contributed by atoms with Crippen LogP contribution in [0.15, 0.2) is 36.4 Å². The Bertz CT molecular complexity index is 729. The van der Waals surface area contributed by atoms with E-state index in [0.29, 0.717) is 11.4 Å². The summed E-state index contributed by atoms with van der Waals surface area (Å²) in [5.41, 5.74) is 11.8. The zero-order chi connectivity index (χ0) is 15.6. The molecule has 0 aromatic heterocycles. The molecule has 0 bridgehead atoms. The van der Waals surface area contributed by atoms with E-state index in [4.69, 9.17) is 11.5 Å². The molecule has 0 saturated heterocycles. The fourth-order valence-corrected chi connectivity index (χ4v) is 1.91. The minimum Gasteiger partial charge on any atom is -0.399 e. The van der Waals surface area contributed by atoms with Gasteiger partial charge < -0.3 is 16.8 Å². The number of nitrogens with two attached hydrogens (primary N) is 2. The number of halogens is 1. The maximum Gasteiger partial charge on any atom is 0.258 e. The quantitative estimate of drug-likeness (QED) is 0.753. The molecule has 0 radical (unpaired) electrons. The molecule has 21 heavy (non-hydrogen) atoms. The Morgan fingerprint density at radius 1 is 1.19 bits per heavy atom. The first-order chi connectivity index (χ1) is 9.88. The summed E-state index contributed by atoms with van der Waals surface area (Å²) in [6, 6.07) is 8.77. The molecule has 0 aliphatic carbocycles. The van der Waals surface area contributed by atoms with Crippen molar-refractivity contribution in [1.29, 1.82) is 0 Å². The topological polar surface area (TPSA) is 98.2 Å². The highest BCUT2D eigenvalue weighted by atomic mass is 19.1. The van der Waals surface area contributed by atoms with Gasteiger partial charge in [-0.05, 0) is 42.8 Å². The van der Waals surface area contributed by atoms with E-state index in [1.807, 2.05) is 0 Å². The normalized spacial score (nSPS) is 10.2. The van der Waals surface area contributed by atoms with Crippen LogP contribution < -0.4 is 16.8 Å². The molecule has 0 heterocycles. The number of anilines is 2. The molecule has 6 heteroatoms. The predicted molar refractivity (Wildman–Crippen MR) is 78.5 cm³/mol. The van der Waals surface area contributed by atoms with Crippen LogP contribution in [0.3, 0.4) is 0 Å². The second-order valence-electron chi connectivity index (χ2n) is 4.60. The van der Waals surface area contributed by atoms with Gasteiger partial charge in [0, 0.05) is 16.9 Å². The van der Waals surface area contributed by atoms with Gasteiger partial charge in [-0.1, -0.05) is 6.07 Å². The summed E-state index contributed by atoms with van der Waals surface area (Å²) in [7, 11) is 0. The van der Waals surface area contributed by atoms with Crippen LogP contribution in [0.25, 0.3) is 0 Å². The highest BCUT2D eigenvalue weighted by molar-refractivity contribution is 6.05. The van der Waals surface area contributed by atoms with E-state index in [1.54, 1.807) is 12.1 Å². The van der Waals surface area contributed by atoms with E-state index in [1.165, 1.54) is 31.2 Å². The molecule has 0 atom stereocenters. The second kappa shape index (κ2) is 5.62. The number of nitrogen functional groups attached to an aromatic ring is 1. The van der Waals surface area contributed by atoms with Gasteiger partial charge in [-0.3, -0.25) is 9.59 Å². The number of aryl methyl sites for hydroxylation is 1. The Kier molecular flexibility index (Phi) is 3.89. The fourth-order valence-electron chi connectivity index (χ4n) is 1.91. The monoisotopic (exact) mass is 287 g/mol. The first-order valence-corrected chi connectivity index (χ1v) is 6.15. The Morgan fingerprint density at radius 2 is 1.90 bits per heavy atom. The first-order valence-electron chi connectivity index (χ1n) is 6.15. The number of hydrogen-bond acceptors (Lipinski definition) is 3. The number of hydrogen-bond donors (Lipinski definition) is 3. The van der Waals surface area contributed by atoms with E-state index >= 15 is 0 Å². The lowest BCUT2D eigenvalue weighted by molar-refractivity contribution is 0.0995. The average molecular weight is 287 g/mol. The molecule has 2 rings (SSSR count). The van der Waals surface area contributed by atoms with Crippen LogP contribution in [0.5, 0.6) is 0 Å². The Hall–Kier alpha value is -2.89. The molecule has 0 saturated carbocycles. The zero-order valence-electron chi connectivity index (χ0n) is 11.3. The first kappa shape index (κ1) is 14.5. The van der Waals surface area contributed by atoms with Crippen molar-refractivity contribution in [3.8, 4) is 0 Å². The van der Waals surface area contributed by atoms with Crippen LogP contribution in [-0.2, 0) is 0 Å². The molecule has 0 aliphatic heterocycles. The summed E-state index contributed by atoms with van der Waals surface area (Å²) in [4.78, 5) is 23.2. The van der Waals surface area contributed by atoms with Gasteiger partial charge in [0.2, 0.25) is 5.91 Å². The van der Waals surface area contributed by atoms with E-state index in [-0.39, 0.29) is 16.7 Å². The predicted octanol–water partition coefficient (Wildman–Crippen LogP) is 2.07. The number of nitrogens with one attached hydrogen (secondary N) is 1. The third kappa shape index (κ3) is 3.17. The maximum atomic E-state index is 14.0. The third-order valence-corrected chi connectivity index (χ3v) is 2.93. The lowest BCUT2D eigenvalue weighted by Gasteiger charge is -2.09.